The molecule has 0 aromatic heterocycles. The van der Waals surface area contributed by atoms with Gasteiger partial charge in [0.2, 0.25) is 0 Å². The van der Waals surface area contributed by atoms with E-state index in [4.69, 9.17) is 5.26 Å². The third kappa shape index (κ3) is 4.56. The van der Waals surface area contributed by atoms with Crippen molar-refractivity contribution >= 4 is 0 Å². The molecule has 1 fully saturated rings. The third-order valence-corrected chi connectivity index (χ3v) is 5.96. The van der Waals surface area contributed by atoms with Crippen LogP contribution in [0.1, 0.15) is 75.3 Å². The topological polar surface area (TPSA) is 23.8 Å². The van der Waals surface area contributed by atoms with Crippen LogP contribution in [0.5, 0.6) is 0 Å². The van der Waals surface area contributed by atoms with Crippen molar-refractivity contribution in [3.05, 3.63) is 59.2 Å². The zero-order chi connectivity index (χ0) is 19.2. The van der Waals surface area contributed by atoms with Gasteiger partial charge in [0.1, 0.15) is 6.07 Å². The SMILES string of the molecule is CCCCCC1CCC(c2ccc(-c3ccc(C#N)c(F)c3F)cc2)CC1. The Kier molecular flexibility index (Phi) is 6.61. The fourth-order valence-electron chi connectivity index (χ4n) is 4.26. The molecule has 3 rings (SSSR count). The van der Waals surface area contributed by atoms with Crippen LogP contribution < -0.4 is 0 Å². The Labute approximate surface area is 161 Å². The van der Waals surface area contributed by atoms with Crippen molar-refractivity contribution < 1.29 is 8.78 Å². The molecule has 1 saturated carbocycles. The molecule has 0 spiro atoms. The molecule has 0 saturated heterocycles. The highest BCUT2D eigenvalue weighted by Gasteiger charge is 2.22. The number of nitrogens with zero attached hydrogens (tertiary/aromatic N) is 1. The molecule has 1 aliphatic rings. The van der Waals surface area contributed by atoms with Crippen LogP contribution in [0.25, 0.3) is 11.1 Å². The van der Waals surface area contributed by atoms with Gasteiger partial charge in [0.05, 0.1) is 5.56 Å². The van der Waals surface area contributed by atoms with Gasteiger partial charge in [0, 0.05) is 5.56 Å². The Morgan fingerprint density at radius 2 is 1.63 bits per heavy atom. The van der Waals surface area contributed by atoms with Crippen molar-refractivity contribution in [3.8, 4) is 17.2 Å². The number of benzene rings is 2. The Bertz CT molecular complexity index is 796. The standard InChI is InChI=1S/C24H27F2N/c1-2-3-4-5-17-6-8-18(9-7-17)19-10-12-20(13-11-19)22-15-14-21(16-27)23(25)24(22)26/h10-15,17-18H,2-9H2,1H3. The summed E-state index contributed by atoms with van der Waals surface area (Å²) in [5, 5.41) is 8.81. The predicted molar refractivity (Wildman–Crippen MR) is 105 cm³/mol. The molecule has 0 heterocycles. The van der Waals surface area contributed by atoms with Gasteiger partial charge in [-0.3, -0.25) is 0 Å². The summed E-state index contributed by atoms with van der Waals surface area (Å²) in [5.74, 6) is -0.568. The van der Waals surface area contributed by atoms with E-state index in [0.717, 1.165) is 5.92 Å². The summed E-state index contributed by atoms with van der Waals surface area (Å²) < 4.78 is 28.1. The van der Waals surface area contributed by atoms with Gasteiger partial charge in [0.15, 0.2) is 11.6 Å². The average molecular weight is 367 g/mol. The molecular weight excluding hydrogens is 340 g/mol. The normalized spacial score (nSPS) is 19.6. The van der Waals surface area contributed by atoms with Crippen LogP contribution in [0.15, 0.2) is 36.4 Å². The van der Waals surface area contributed by atoms with Gasteiger partial charge < -0.3 is 0 Å². The van der Waals surface area contributed by atoms with Crippen LogP contribution in [0.3, 0.4) is 0 Å². The zero-order valence-corrected chi connectivity index (χ0v) is 16.0. The van der Waals surface area contributed by atoms with Crippen molar-refractivity contribution in [1.82, 2.24) is 0 Å². The molecule has 3 heteroatoms. The van der Waals surface area contributed by atoms with E-state index in [-0.39, 0.29) is 11.1 Å². The highest BCUT2D eigenvalue weighted by Crippen LogP contribution is 2.38. The van der Waals surface area contributed by atoms with E-state index in [1.165, 1.54) is 69.1 Å². The average Bonchev–Trinajstić information content (AvgIpc) is 2.71. The van der Waals surface area contributed by atoms with Crippen molar-refractivity contribution in [3.63, 3.8) is 0 Å². The second kappa shape index (κ2) is 9.13. The second-order valence-electron chi connectivity index (χ2n) is 7.74. The van der Waals surface area contributed by atoms with Gasteiger partial charge in [-0.1, -0.05) is 56.9 Å². The summed E-state index contributed by atoms with van der Waals surface area (Å²) in [6.45, 7) is 2.25. The first-order valence-electron chi connectivity index (χ1n) is 10.1. The molecule has 0 unspecified atom stereocenters. The molecule has 0 bridgehead atoms. The molecule has 1 aliphatic carbocycles. The van der Waals surface area contributed by atoms with Crippen molar-refractivity contribution in [2.75, 3.05) is 0 Å². The van der Waals surface area contributed by atoms with E-state index in [2.05, 4.69) is 6.92 Å². The van der Waals surface area contributed by atoms with Gasteiger partial charge in [-0.05, 0) is 60.8 Å². The van der Waals surface area contributed by atoms with E-state index < -0.39 is 11.6 Å². The Hall–Kier alpha value is -2.21. The lowest BCUT2D eigenvalue weighted by atomic mass is 9.77. The smallest absolute Gasteiger partial charge is 0.177 e. The quantitative estimate of drug-likeness (QED) is 0.489. The summed E-state index contributed by atoms with van der Waals surface area (Å²) in [5.41, 5.74) is 1.88. The van der Waals surface area contributed by atoms with Crippen LogP contribution in [0, 0.1) is 28.9 Å². The Morgan fingerprint density at radius 3 is 2.26 bits per heavy atom. The minimum atomic E-state index is -1.07. The summed E-state index contributed by atoms with van der Waals surface area (Å²) >= 11 is 0. The van der Waals surface area contributed by atoms with Crippen LogP contribution in [0.4, 0.5) is 8.78 Å². The monoisotopic (exact) mass is 367 g/mol. The first kappa shape index (κ1) is 19.5. The van der Waals surface area contributed by atoms with Gasteiger partial charge in [-0.2, -0.15) is 5.26 Å². The van der Waals surface area contributed by atoms with E-state index in [9.17, 15) is 8.78 Å². The molecule has 2 aromatic carbocycles. The van der Waals surface area contributed by atoms with Crippen LogP contribution >= 0.6 is 0 Å². The Morgan fingerprint density at radius 1 is 0.926 bits per heavy atom. The fourth-order valence-corrected chi connectivity index (χ4v) is 4.26. The minimum Gasteiger partial charge on any atom is -0.203 e. The van der Waals surface area contributed by atoms with Crippen molar-refractivity contribution in [1.29, 1.82) is 5.26 Å². The van der Waals surface area contributed by atoms with Gasteiger partial charge in [0.25, 0.3) is 0 Å². The fraction of sp³-hybridized carbons (Fsp3) is 0.458. The highest BCUT2D eigenvalue weighted by atomic mass is 19.2. The maximum atomic E-state index is 14.2. The van der Waals surface area contributed by atoms with Crippen molar-refractivity contribution in [2.45, 2.75) is 64.2 Å². The van der Waals surface area contributed by atoms with Crippen molar-refractivity contribution in [2.24, 2.45) is 5.92 Å². The van der Waals surface area contributed by atoms with Gasteiger partial charge in [-0.15, -0.1) is 0 Å². The molecule has 0 N–H and O–H groups in total. The molecule has 2 aromatic rings. The molecule has 0 atom stereocenters. The minimum absolute atomic E-state index is 0.206. The first-order chi connectivity index (χ1) is 13.1. The molecule has 142 valence electrons. The summed E-state index contributed by atoms with van der Waals surface area (Å²) in [7, 11) is 0. The molecule has 0 radical (unpaired) electrons. The third-order valence-electron chi connectivity index (χ3n) is 5.96. The van der Waals surface area contributed by atoms with Crippen LogP contribution in [-0.4, -0.2) is 0 Å². The maximum Gasteiger partial charge on any atom is 0.177 e. The molecule has 1 nitrogen and oxygen atoms in total. The summed E-state index contributed by atoms with van der Waals surface area (Å²) in [4.78, 5) is 0. The first-order valence-corrected chi connectivity index (χ1v) is 10.1. The number of hydrogen-bond donors (Lipinski definition) is 0. The van der Waals surface area contributed by atoms with Crippen LogP contribution in [0.2, 0.25) is 0 Å². The van der Waals surface area contributed by atoms with E-state index >= 15 is 0 Å². The van der Waals surface area contributed by atoms with Crippen LogP contribution in [-0.2, 0) is 0 Å². The lowest BCUT2D eigenvalue weighted by Crippen LogP contribution is -2.13. The highest BCUT2D eigenvalue weighted by molar-refractivity contribution is 5.65. The summed E-state index contributed by atoms with van der Waals surface area (Å²) in [6.07, 6.45) is 10.4. The number of nitriles is 1. The van der Waals surface area contributed by atoms with Gasteiger partial charge >= 0.3 is 0 Å². The lowest BCUT2D eigenvalue weighted by Gasteiger charge is -2.29. The molecular formula is C24H27F2N. The summed E-state index contributed by atoms with van der Waals surface area (Å²) in [6, 6.07) is 12.3. The van der Waals surface area contributed by atoms with Gasteiger partial charge in [-0.25, -0.2) is 8.78 Å². The number of unbranched alkanes of at least 4 members (excludes halogenated alkanes) is 2. The van der Waals surface area contributed by atoms with E-state index in [1.807, 2.05) is 24.3 Å². The molecule has 0 aliphatic heterocycles. The number of hydrogen-bond acceptors (Lipinski definition) is 1. The number of halogens is 2. The Balaban J connectivity index is 1.65. The zero-order valence-electron chi connectivity index (χ0n) is 16.0. The maximum absolute atomic E-state index is 14.2. The molecule has 27 heavy (non-hydrogen) atoms. The second-order valence-corrected chi connectivity index (χ2v) is 7.74. The molecule has 0 amide bonds. The number of rotatable bonds is 6. The largest absolute Gasteiger partial charge is 0.203 e. The van der Waals surface area contributed by atoms with E-state index in [1.54, 1.807) is 6.07 Å². The predicted octanol–water partition coefficient (Wildman–Crippen LogP) is 7.36. The lowest BCUT2D eigenvalue weighted by molar-refractivity contribution is 0.303. The van der Waals surface area contributed by atoms with E-state index in [0.29, 0.717) is 11.5 Å².